The Morgan fingerprint density at radius 2 is 1.59 bits per heavy atom. The summed E-state index contributed by atoms with van der Waals surface area (Å²) in [5.41, 5.74) is 1.31. The van der Waals surface area contributed by atoms with Gasteiger partial charge in [-0.15, -0.1) is 0 Å². The summed E-state index contributed by atoms with van der Waals surface area (Å²) in [6, 6.07) is 7.11. The molecule has 0 saturated carbocycles. The van der Waals surface area contributed by atoms with Crippen LogP contribution >= 0.6 is 0 Å². The lowest BCUT2D eigenvalue weighted by molar-refractivity contribution is -0.138. The third kappa shape index (κ3) is 6.29. The molecular weight excluding hydrogens is 368 g/mol. The minimum absolute atomic E-state index is 0.0835. The molecule has 1 aromatic rings. The molecule has 7 nitrogen and oxygen atoms in total. The van der Waals surface area contributed by atoms with Gasteiger partial charge in [-0.05, 0) is 62.9 Å². The van der Waals surface area contributed by atoms with Gasteiger partial charge in [0.05, 0.1) is 6.54 Å². The average molecular weight is 401 g/mol. The number of nitrogens with one attached hydrogen (secondary N) is 2. The number of anilines is 2. The number of hydrogen-bond acceptors (Lipinski definition) is 4. The Kier molecular flexibility index (Phi) is 7.25. The van der Waals surface area contributed by atoms with Crippen molar-refractivity contribution < 1.29 is 14.4 Å². The highest BCUT2D eigenvalue weighted by atomic mass is 16.2. The van der Waals surface area contributed by atoms with E-state index >= 15 is 0 Å². The van der Waals surface area contributed by atoms with Crippen molar-refractivity contribution in [3.8, 4) is 0 Å². The summed E-state index contributed by atoms with van der Waals surface area (Å²) in [5.74, 6) is 0.885. The van der Waals surface area contributed by atoms with Crippen LogP contribution < -0.4 is 10.6 Å². The van der Waals surface area contributed by atoms with E-state index < -0.39 is 0 Å². The Morgan fingerprint density at radius 3 is 2.21 bits per heavy atom. The van der Waals surface area contributed by atoms with Crippen LogP contribution in [0.15, 0.2) is 24.3 Å². The summed E-state index contributed by atoms with van der Waals surface area (Å²) in [5, 5.41) is 5.59. The highest BCUT2D eigenvalue weighted by molar-refractivity contribution is 5.94. The number of hydrogen-bond donors (Lipinski definition) is 2. The van der Waals surface area contributed by atoms with Gasteiger partial charge in [-0.1, -0.05) is 13.0 Å². The van der Waals surface area contributed by atoms with Crippen LogP contribution in [0.5, 0.6) is 0 Å². The fourth-order valence-electron chi connectivity index (χ4n) is 4.11. The van der Waals surface area contributed by atoms with E-state index in [9.17, 15) is 14.4 Å². The first-order chi connectivity index (χ1) is 13.9. The Labute approximate surface area is 172 Å². The number of benzene rings is 1. The van der Waals surface area contributed by atoms with E-state index in [1.807, 2.05) is 4.90 Å². The summed E-state index contributed by atoms with van der Waals surface area (Å²) < 4.78 is 0. The molecule has 0 aliphatic carbocycles. The molecule has 2 aliphatic heterocycles. The van der Waals surface area contributed by atoms with Crippen LogP contribution in [0, 0.1) is 11.8 Å². The fraction of sp³-hybridized carbons (Fsp3) is 0.591. The number of likely N-dealkylation sites (tertiary alicyclic amines) is 2. The maximum absolute atomic E-state index is 12.7. The molecule has 0 bridgehead atoms. The van der Waals surface area contributed by atoms with Gasteiger partial charge >= 0.3 is 0 Å². The zero-order valence-electron chi connectivity index (χ0n) is 17.4. The topological polar surface area (TPSA) is 81.8 Å². The van der Waals surface area contributed by atoms with Gasteiger partial charge in [0.25, 0.3) is 0 Å². The number of piperidine rings is 2. The van der Waals surface area contributed by atoms with E-state index in [0.29, 0.717) is 23.8 Å². The first-order valence-corrected chi connectivity index (χ1v) is 10.6. The number of carbonyl (C=O) groups is 3. The van der Waals surface area contributed by atoms with Crippen molar-refractivity contribution in [1.82, 2.24) is 9.80 Å². The number of carbonyl (C=O) groups excluding carboxylic acids is 3. The number of rotatable bonds is 5. The van der Waals surface area contributed by atoms with Crippen LogP contribution in [-0.4, -0.2) is 60.2 Å². The third-order valence-corrected chi connectivity index (χ3v) is 5.87. The Balaban J connectivity index is 1.43. The van der Waals surface area contributed by atoms with Crippen molar-refractivity contribution in [2.24, 2.45) is 11.8 Å². The molecule has 0 spiro atoms. The Hall–Kier alpha value is -2.41. The second-order valence-electron chi connectivity index (χ2n) is 8.37. The summed E-state index contributed by atoms with van der Waals surface area (Å²) in [6.07, 6.45) is 3.84. The lowest BCUT2D eigenvalue weighted by Gasteiger charge is -2.36. The van der Waals surface area contributed by atoms with E-state index in [1.54, 1.807) is 24.3 Å². The van der Waals surface area contributed by atoms with Crippen LogP contribution in [0.3, 0.4) is 0 Å². The van der Waals surface area contributed by atoms with Crippen molar-refractivity contribution in [1.29, 1.82) is 0 Å². The first-order valence-electron chi connectivity index (χ1n) is 10.6. The van der Waals surface area contributed by atoms with Crippen molar-refractivity contribution in [3.63, 3.8) is 0 Å². The van der Waals surface area contributed by atoms with Crippen molar-refractivity contribution in [2.45, 2.75) is 39.5 Å². The van der Waals surface area contributed by atoms with E-state index in [0.717, 1.165) is 57.8 Å². The maximum atomic E-state index is 12.7. The largest absolute Gasteiger partial charge is 0.342 e. The number of amides is 3. The fourth-order valence-corrected chi connectivity index (χ4v) is 4.11. The smallest absolute Gasteiger partial charge is 0.238 e. The van der Waals surface area contributed by atoms with E-state index in [-0.39, 0.29) is 17.7 Å². The molecule has 0 radical (unpaired) electrons. The minimum Gasteiger partial charge on any atom is -0.342 e. The van der Waals surface area contributed by atoms with E-state index in [1.165, 1.54) is 6.92 Å². The molecule has 3 amide bonds. The van der Waals surface area contributed by atoms with Crippen LogP contribution in [0.4, 0.5) is 11.4 Å². The van der Waals surface area contributed by atoms with Gasteiger partial charge in [0.15, 0.2) is 0 Å². The molecule has 7 heteroatoms. The zero-order chi connectivity index (χ0) is 20.8. The summed E-state index contributed by atoms with van der Waals surface area (Å²) >= 11 is 0. The molecule has 29 heavy (non-hydrogen) atoms. The molecular formula is C22H32N4O3. The molecule has 2 N–H and O–H groups in total. The average Bonchev–Trinajstić information content (AvgIpc) is 2.68. The van der Waals surface area contributed by atoms with Gasteiger partial charge in [0.1, 0.15) is 0 Å². The molecule has 158 valence electrons. The molecule has 0 unspecified atom stereocenters. The lowest BCUT2D eigenvalue weighted by atomic mass is 9.92. The number of nitrogens with zero attached hydrogens (tertiary/aromatic N) is 2. The van der Waals surface area contributed by atoms with E-state index in [4.69, 9.17) is 0 Å². The minimum atomic E-state index is -0.148. The van der Waals surface area contributed by atoms with Gasteiger partial charge < -0.3 is 15.5 Å². The Bertz CT molecular complexity index is 735. The molecule has 3 rings (SSSR count). The van der Waals surface area contributed by atoms with Gasteiger partial charge in [-0.2, -0.15) is 0 Å². The lowest BCUT2D eigenvalue weighted by Crippen LogP contribution is -2.46. The third-order valence-electron chi connectivity index (χ3n) is 5.87. The standard InChI is InChI=1S/C22H32N4O3/c1-16-6-12-26(13-7-16)22(29)18-8-10-25(11-9-18)15-21(28)24-20-5-3-4-19(14-20)23-17(2)27/h3-5,14,16,18H,6-13,15H2,1-2H3,(H,23,27)(H,24,28). The maximum Gasteiger partial charge on any atom is 0.238 e. The van der Waals surface area contributed by atoms with Crippen LogP contribution in [-0.2, 0) is 14.4 Å². The zero-order valence-corrected chi connectivity index (χ0v) is 17.4. The predicted molar refractivity (Wildman–Crippen MR) is 114 cm³/mol. The predicted octanol–water partition coefficient (Wildman–Crippen LogP) is 2.55. The SMILES string of the molecule is CC(=O)Nc1cccc(NC(=O)CN2CCC(C(=O)N3CCC(C)CC3)CC2)c1. The molecule has 2 heterocycles. The first kappa shape index (κ1) is 21.3. The molecule has 0 atom stereocenters. The van der Waals surface area contributed by atoms with Crippen molar-refractivity contribution in [3.05, 3.63) is 24.3 Å². The highest BCUT2D eigenvalue weighted by Gasteiger charge is 2.30. The second kappa shape index (κ2) is 9.87. The quantitative estimate of drug-likeness (QED) is 0.796. The van der Waals surface area contributed by atoms with Crippen LogP contribution in [0.25, 0.3) is 0 Å². The van der Waals surface area contributed by atoms with Crippen molar-refractivity contribution in [2.75, 3.05) is 43.4 Å². The van der Waals surface area contributed by atoms with Crippen LogP contribution in [0.2, 0.25) is 0 Å². The van der Waals surface area contributed by atoms with Gasteiger partial charge in [-0.25, -0.2) is 0 Å². The summed E-state index contributed by atoms with van der Waals surface area (Å²) in [7, 11) is 0. The van der Waals surface area contributed by atoms with Gasteiger partial charge in [-0.3, -0.25) is 19.3 Å². The molecule has 1 aromatic carbocycles. The van der Waals surface area contributed by atoms with Gasteiger partial charge in [0.2, 0.25) is 17.7 Å². The summed E-state index contributed by atoms with van der Waals surface area (Å²) in [4.78, 5) is 40.4. The molecule has 2 saturated heterocycles. The normalized spacial score (nSPS) is 19.0. The second-order valence-corrected chi connectivity index (χ2v) is 8.37. The van der Waals surface area contributed by atoms with Crippen LogP contribution in [0.1, 0.15) is 39.5 Å². The highest BCUT2D eigenvalue weighted by Crippen LogP contribution is 2.23. The molecule has 0 aromatic heterocycles. The van der Waals surface area contributed by atoms with Gasteiger partial charge in [0, 0.05) is 37.3 Å². The molecule has 2 aliphatic rings. The summed E-state index contributed by atoms with van der Waals surface area (Å²) in [6.45, 7) is 7.32. The molecule has 2 fully saturated rings. The monoisotopic (exact) mass is 400 g/mol. The Morgan fingerprint density at radius 1 is 0.966 bits per heavy atom. The van der Waals surface area contributed by atoms with Crippen molar-refractivity contribution >= 4 is 29.1 Å². The van der Waals surface area contributed by atoms with E-state index in [2.05, 4.69) is 22.5 Å².